The molecule has 1 aromatic carbocycles. The molecule has 0 aromatic heterocycles. The quantitative estimate of drug-likeness (QED) is 0.857. The highest BCUT2D eigenvalue weighted by Gasteiger charge is 2.17. The van der Waals surface area contributed by atoms with Crippen LogP contribution in [0.2, 0.25) is 0 Å². The molecule has 0 saturated heterocycles. The first kappa shape index (κ1) is 12.5. The maximum Gasteiger partial charge on any atom is 0.0178 e. The maximum atomic E-state index is 3.65. The van der Waals surface area contributed by atoms with Crippen molar-refractivity contribution >= 4 is 27.7 Å². The van der Waals surface area contributed by atoms with E-state index in [-0.39, 0.29) is 0 Å². The highest BCUT2D eigenvalue weighted by molar-refractivity contribution is 9.10. The molecule has 1 aliphatic rings. The molecule has 16 heavy (non-hydrogen) atoms. The van der Waals surface area contributed by atoms with Crippen molar-refractivity contribution in [2.24, 2.45) is 0 Å². The third kappa shape index (κ3) is 3.25. The average Bonchev–Trinajstić information content (AvgIpc) is 2.29. The molecule has 0 spiro atoms. The minimum atomic E-state index is 0.681. The van der Waals surface area contributed by atoms with Crippen molar-refractivity contribution in [3.05, 3.63) is 33.8 Å². The number of thioether (sulfide) groups is 1. The second kappa shape index (κ2) is 6.08. The Bertz CT molecular complexity index is 354. The zero-order valence-corrected chi connectivity index (χ0v) is 12.0. The van der Waals surface area contributed by atoms with E-state index < -0.39 is 0 Å². The summed E-state index contributed by atoms with van der Waals surface area (Å²) in [7, 11) is 0. The molecule has 0 aliphatic heterocycles. The van der Waals surface area contributed by atoms with Crippen LogP contribution in [-0.4, -0.2) is 24.6 Å². The van der Waals surface area contributed by atoms with E-state index in [1.165, 1.54) is 40.6 Å². The zero-order chi connectivity index (χ0) is 11.4. The Hall–Kier alpha value is 0.01000. The Morgan fingerprint density at radius 3 is 3.12 bits per heavy atom. The molecule has 88 valence electrons. The Kier molecular flexibility index (Phi) is 4.74. The van der Waals surface area contributed by atoms with Crippen LogP contribution < -0.4 is 5.32 Å². The lowest BCUT2D eigenvalue weighted by Crippen LogP contribution is -2.35. The van der Waals surface area contributed by atoms with Gasteiger partial charge in [0.1, 0.15) is 0 Å². The van der Waals surface area contributed by atoms with E-state index in [0.717, 1.165) is 6.54 Å². The first-order chi connectivity index (χ1) is 7.79. The van der Waals surface area contributed by atoms with Crippen molar-refractivity contribution in [3.8, 4) is 0 Å². The summed E-state index contributed by atoms with van der Waals surface area (Å²) in [6.45, 7) is 1.14. The van der Waals surface area contributed by atoms with Crippen LogP contribution in [-0.2, 0) is 12.8 Å². The molecule has 1 aliphatic carbocycles. The van der Waals surface area contributed by atoms with Crippen LogP contribution in [0.25, 0.3) is 0 Å². The first-order valence-electron chi connectivity index (χ1n) is 5.79. The van der Waals surface area contributed by atoms with Gasteiger partial charge in [-0.05, 0) is 48.8 Å². The van der Waals surface area contributed by atoms with Gasteiger partial charge in [0.2, 0.25) is 0 Å². The molecule has 0 amide bonds. The number of hydrogen-bond acceptors (Lipinski definition) is 2. The third-order valence-electron chi connectivity index (χ3n) is 3.14. The highest BCUT2D eigenvalue weighted by atomic mass is 79.9. The second-order valence-corrected chi connectivity index (χ2v) is 6.20. The largest absolute Gasteiger partial charge is 0.313 e. The van der Waals surface area contributed by atoms with E-state index in [1.807, 2.05) is 11.8 Å². The summed E-state index contributed by atoms with van der Waals surface area (Å²) in [6, 6.07) is 7.37. The lowest BCUT2D eigenvalue weighted by Gasteiger charge is -2.25. The van der Waals surface area contributed by atoms with Crippen LogP contribution in [0.15, 0.2) is 22.7 Å². The van der Waals surface area contributed by atoms with Crippen molar-refractivity contribution in [3.63, 3.8) is 0 Å². The standard InChI is InChI=1S/C13H18BrNS/c1-16-7-6-15-13-5-3-10-8-12(14)4-2-11(10)9-13/h2,4,8,13,15H,3,5-7,9H2,1H3. The summed E-state index contributed by atoms with van der Waals surface area (Å²) in [5.41, 5.74) is 3.05. The Labute approximate surface area is 111 Å². The lowest BCUT2D eigenvalue weighted by atomic mass is 9.88. The molecule has 0 radical (unpaired) electrons. The average molecular weight is 300 g/mol. The van der Waals surface area contributed by atoms with E-state index in [4.69, 9.17) is 0 Å². The summed E-state index contributed by atoms with van der Waals surface area (Å²) in [5.74, 6) is 1.21. The number of fused-ring (bicyclic) bond motifs is 1. The monoisotopic (exact) mass is 299 g/mol. The van der Waals surface area contributed by atoms with E-state index in [1.54, 1.807) is 0 Å². The van der Waals surface area contributed by atoms with Crippen LogP contribution in [0.5, 0.6) is 0 Å². The normalized spacial score (nSPS) is 19.5. The molecular weight excluding hydrogens is 282 g/mol. The van der Waals surface area contributed by atoms with Gasteiger partial charge in [-0.2, -0.15) is 11.8 Å². The van der Waals surface area contributed by atoms with Crippen molar-refractivity contribution in [1.82, 2.24) is 5.32 Å². The van der Waals surface area contributed by atoms with Crippen LogP contribution in [0, 0.1) is 0 Å². The van der Waals surface area contributed by atoms with Gasteiger partial charge < -0.3 is 5.32 Å². The van der Waals surface area contributed by atoms with Crippen LogP contribution >= 0.6 is 27.7 Å². The third-order valence-corrected chi connectivity index (χ3v) is 4.24. The number of benzene rings is 1. The molecular formula is C13H18BrNS. The summed E-state index contributed by atoms with van der Waals surface area (Å²) >= 11 is 5.45. The van der Waals surface area contributed by atoms with Gasteiger partial charge >= 0.3 is 0 Å². The molecule has 0 heterocycles. The van der Waals surface area contributed by atoms with Gasteiger partial charge in [-0.1, -0.05) is 22.0 Å². The fourth-order valence-electron chi connectivity index (χ4n) is 2.26. The van der Waals surface area contributed by atoms with Crippen LogP contribution in [0.3, 0.4) is 0 Å². The molecule has 1 nitrogen and oxygen atoms in total. The fraction of sp³-hybridized carbons (Fsp3) is 0.538. The van der Waals surface area contributed by atoms with Crippen LogP contribution in [0.1, 0.15) is 17.5 Å². The number of rotatable bonds is 4. The highest BCUT2D eigenvalue weighted by Crippen LogP contribution is 2.24. The Balaban J connectivity index is 1.93. The number of halogens is 1. The molecule has 1 atom stereocenters. The van der Waals surface area contributed by atoms with Gasteiger partial charge in [0.25, 0.3) is 0 Å². The zero-order valence-electron chi connectivity index (χ0n) is 9.63. The summed E-state index contributed by atoms with van der Waals surface area (Å²) in [4.78, 5) is 0. The van der Waals surface area contributed by atoms with Gasteiger partial charge in [-0.3, -0.25) is 0 Å². The van der Waals surface area contributed by atoms with E-state index >= 15 is 0 Å². The molecule has 1 aromatic rings. The van der Waals surface area contributed by atoms with Gasteiger partial charge in [0.05, 0.1) is 0 Å². The molecule has 3 heteroatoms. The van der Waals surface area contributed by atoms with E-state index in [9.17, 15) is 0 Å². The van der Waals surface area contributed by atoms with Crippen molar-refractivity contribution < 1.29 is 0 Å². The number of aryl methyl sites for hydroxylation is 1. The predicted octanol–water partition coefficient (Wildman–Crippen LogP) is 3.26. The minimum Gasteiger partial charge on any atom is -0.313 e. The van der Waals surface area contributed by atoms with Crippen molar-refractivity contribution in [2.75, 3.05) is 18.6 Å². The SMILES string of the molecule is CSCCNC1CCc2cc(Br)ccc2C1. The van der Waals surface area contributed by atoms with Gasteiger partial charge in [0.15, 0.2) is 0 Å². The minimum absolute atomic E-state index is 0.681. The summed E-state index contributed by atoms with van der Waals surface area (Å²) < 4.78 is 1.21. The fourth-order valence-corrected chi connectivity index (χ4v) is 2.99. The summed E-state index contributed by atoms with van der Waals surface area (Å²) in [6.07, 6.45) is 5.84. The van der Waals surface area contributed by atoms with Crippen molar-refractivity contribution in [2.45, 2.75) is 25.3 Å². The first-order valence-corrected chi connectivity index (χ1v) is 7.98. The van der Waals surface area contributed by atoms with Crippen molar-refractivity contribution in [1.29, 1.82) is 0 Å². The van der Waals surface area contributed by atoms with E-state index in [0.29, 0.717) is 6.04 Å². The molecule has 2 rings (SSSR count). The number of nitrogens with one attached hydrogen (secondary N) is 1. The number of hydrogen-bond donors (Lipinski definition) is 1. The molecule has 1 unspecified atom stereocenters. The lowest BCUT2D eigenvalue weighted by molar-refractivity contribution is 0.472. The Morgan fingerprint density at radius 1 is 1.44 bits per heavy atom. The Morgan fingerprint density at radius 2 is 2.31 bits per heavy atom. The van der Waals surface area contributed by atoms with Gasteiger partial charge in [-0.25, -0.2) is 0 Å². The topological polar surface area (TPSA) is 12.0 Å². The second-order valence-electron chi connectivity index (χ2n) is 4.30. The molecule has 0 fully saturated rings. The summed E-state index contributed by atoms with van der Waals surface area (Å²) in [5, 5.41) is 3.65. The maximum absolute atomic E-state index is 3.65. The smallest absolute Gasteiger partial charge is 0.0178 e. The predicted molar refractivity (Wildman–Crippen MR) is 76.3 cm³/mol. The van der Waals surface area contributed by atoms with E-state index in [2.05, 4.69) is 45.7 Å². The molecule has 1 N–H and O–H groups in total. The van der Waals surface area contributed by atoms with Gasteiger partial charge in [0, 0.05) is 22.8 Å². The van der Waals surface area contributed by atoms with Gasteiger partial charge in [-0.15, -0.1) is 0 Å². The van der Waals surface area contributed by atoms with Crippen LogP contribution in [0.4, 0.5) is 0 Å². The molecule has 0 bridgehead atoms. The molecule has 0 saturated carbocycles.